The van der Waals surface area contributed by atoms with Crippen LogP contribution >= 0.6 is 0 Å². The van der Waals surface area contributed by atoms with Crippen molar-refractivity contribution in [1.82, 2.24) is 0 Å². The van der Waals surface area contributed by atoms with E-state index in [1.807, 2.05) is 0 Å². The van der Waals surface area contributed by atoms with E-state index in [0.717, 1.165) is 26.4 Å². The van der Waals surface area contributed by atoms with E-state index in [9.17, 15) is 27.3 Å². The van der Waals surface area contributed by atoms with Gasteiger partial charge in [0.1, 0.15) is 41.7 Å². The van der Waals surface area contributed by atoms with E-state index in [2.05, 4.69) is 0 Å². The fraction of sp³-hybridized carbons (Fsp3) is 0.406. The molecule has 3 radical (unpaired) electrons. The molecule has 1 saturated carbocycles. The van der Waals surface area contributed by atoms with Gasteiger partial charge in [0.25, 0.3) is 0 Å². The van der Waals surface area contributed by atoms with Crippen LogP contribution in [0.3, 0.4) is 0 Å². The summed E-state index contributed by atoms with van der Waals surface area (Å²) in [6.45, 7) is 4.00. The minimum absolute atomic E-state index is 0. The molecule has 2 heterocycles. The molecule has 2 aliphatic heterocycles. The summed E-state index contributed by atoms with van der Waals surface area (Å²) in [6.07, 6.45) is 12.4. The molecule has 0 unspecified atom stereocenters. The first-order valence-electron chi connectivity index (χ1n) is 14.7. The molecule has 1 aromatic rings. The average Bonchev–Trinajstić information content (AvgIpc) is 3.80. The van der Waals surface area contributed by atoms with E-state index in [4.69, 9.17) is 43.3 Å². The molecule has 5 rings (SSSR count). The van der Waals surface area contributed by atoms with Crippen LogP contribution in [0, 0.1) is 22.3 Å². The summed E-state index contributed by atoms with van der Waals surface area (Å²) in [5.41, 5.74) is 0. The number of hydrogen-bond donors (Lipinski definition) is 3. The molecule has 1 aromatic carbocycles. The predicted molar refractivity (Wildman–Crippen MR) is 185 cm³/mol. The maximum absolute atomic E-state index is 10.5. The second-order valence-corrected chi connectivity index (χ2v) is 8.14. The van der Waals surface area contributed by atoms with Crippen molar-refractivity contribution in [2.45, 2.75) is 57.5 Å². The Balaban J connectivity index is -0.0000000181. The normalized spacial score (nSPS) is 12.9. The number of phenolic OH excluding ortho intramolecular Hbond substituents is 2. The maximum atomic E-state index is 10.5. The van der Waals surface area contributed by atoms with Crippen LogP contribution in [0.5, 0.6) is 11.5 Å². The standard InChI is InChI=1S/C6H10O2.C6H6O2.C6H4O2.2C4H8O.3CH2O.3CH3.BF3.FH.4K.3Rh.2H2.3H/c3*7-5-1-2-6(8)4-3-5;2*1-2-4-5-3-1;3*1-2;;;;2-1(3)4;;;;;;;;;;;;;/h5,7H,1-4H2;1-4,7-8H;1-4H;2*1-4H2;3*1H2;3*1H3;;1H;;;;;;;;2*1H;;;/q;;;;;;;;3*-1;;;4*+1;;;+2;;;3*-1/p-1/i;;;;;3*1D;;;;;;;;;;;;;;;;;. The zero-order chi connectivity index (χ0) is 36.7. The quantitative estimate of drug-likeness (QED) is 0.0739. The SMILES string of the molecule is C1CCOC1.C1CCOC1.FB(F)F.O=C1C=CC(=O)C=C1.O=C1CCC(O)CC1.Oc1ccc(O)cc1.[2H]C=O.[2H]C=O.[2H]C=O.[CH3-].[CH3-].[CH3-].[F-].[H-].[H-].[H-].[HH].[HH].[K+].[K+].[K+].[K+].[Rh+2].[Rh].[Rh]. The summed E-state index contributed by atoms with van der Waals surface area (Å²) < 4.78 is 55.5. The van der Waals surface area contributed by atoms with Crippen LogP contribution in [0.1, 0.15) is 62.6 Å². The van der Waals surface area contributed by atoms with Crippen LogP contribution < -0.4 is 210 Å². The van der Waals surface area contributed by atoms with Crippen molar-refractivity contribution in [2.75, 3.05) is 26.4 Å². The smallest absolute Gasteiger partial charge is 1.00 e. The van der Waals surface area contributed by atoms with Gasteiger partial charge in [-0.15, -0.1) is 0 Å². The Morgan fingerprint density at radius 1 is 0.673 bits per heavy atom. The Labute approximate surface area is 546 Å². The third kappa shape index (κ3) is 94.2. The minimum Gasteiger partial charge on any atom is -1.00 e. The van der Waals surface area contributed by atoms with Gasteiger partial charge in [-0.25, -0.2) is 0 Å². The second kappa shape index (κ2) is 85.6. The van der Waals surface area contributed by atoms with E-state index >= 15 is 0 Å². The number of halogens is 4. The van der Waals surface area contributed by atoms with E-state index < -0.39 is 7.54 Å². The van der Waals surface area contributed by atoms with Gasteiger partial charge in [-0.05, 0) is 87.1 Å². The third-order valence-electron chi connectivity index (χ3n) is 4.84. The molecule has 0 amide bonds. The van der Waals surface area contributed by atoms with Gasteiger partial charge in [0.2, 0.25) is 0 Å². The number of Topliss-reactive ketones (excluding diaryl/α,β-unsaturated/α-hetero) is 1. The van der Waals surface area contributed by atoms with Crippen LogP contribution in [0.25, 0.3) is 0 Å². The molecular formula is C32H58BF4K4O11Rh3-. The van der Waals surface area contributed by atoms with Crippen molar-refractivity contribution < 1.29 is 346 Å². The number of allylic oxidation sites excluding steroid dienone is 4. The molecule has 4 aliphatic rings. The molecule has 23 heteroatoms. The first-order chi connectivity index (χ1) is 22.3. The fourth-order valence-electron chi connectivity index (χ4n) is 2.84. The maximum Gasteiger partial charge on any atom is 2.00 e. The number of carbonyl (C=O) groups is 6. The summed E-state index contributed by atoms with van der Waals surface area (Å²) in [4.78, 5) is 56.5. The number of aliphatic hydroxyl groups is 1. The Morgan fingerprint density at radius 2 is 0.873 bits per heavy atom. The van der Waals surface area contributed by atoms with Gasteiger partial charge in [0, 0.05) is 81.1 Å². The van der Waals surface area contributed by atoms with Crippen molar-refractivity contribution in [1.29, 1.82) is 0 Å². The second-order valence-electron chi connectivity index (χ2n) is 8.14. The number of benzene rings is 1. The number of rotatable bonds is 0. The van der Waals surface area contributed by atoms with Crippen LogP contribution in [-0.4, -0.2) is 93.0 Å². The predicted octanol–water partition coefficient (Wildman–Crippen LogP) is -9.05. The molecule has 0 bridgehead atoms. The molecule has 3 N–H and O–H groups in total. The van der Waals surface area contributed by atoms with Crippen molar-refractivity contribution >= 4 is 45.2 Å². The van der Waals surface area contributed by atoms with Gasteiger partial charge in [-0.3, -0.25) is 27.3 Å². The molecule has 2 aliphatic carbocycles. The van der Waals surface area contributed by atoms with E-state index in [1.165, 1.54) is 74.3 Å². The van der Waals surface area contributed by atoms with Gasteiger partial charge in [-0.2, -0.15) is 0 Å². The van der Waals surface area contributed by atoms with E-state index in [1.54, 1.807) is 0 Å². The van der Waals surface area contributed by atoms with Crippen LogP contribution in [0.15, 0.2) is 48.6 Å². The van der Waals surface area contributed by atoms with Crippen molar-refractivity contribution in [2.24, 2.45) is 0 Å². The molecule has 55 heavy (non-hydrogen) atoms. The fourth-order valence-corrected chi connectivity index (χ4v) is 2.84. The molecule has 0 spiro atoms. The van der Waals surface area contributed by atoms with E-state index in [0.29, 0.717) is 31.5 Å². The molecule has 0 atom stereocenters. The molecule has 11 nitrogen and oxygen atoms in total. The van der Waals surface area contributed by atoms with E-state index in [-0.39, 0.29) is 348 Å². The Bertz CT molecular complexity index is 945. The topological polar surface area (TPSA) is 182 Å². The third-order valence-corrected chi connectivity index (χ3v) is 4.84. The molecule has 2 saturated heterocycles. The van der Waals surface area contributed by atoms with Gasteiger partial charge in [-0.1, -0.05) is 0 Å². The zero-order valence-electron chi connectivity index (χ0n) is 38.6. The monoisotopic (exact) mass is 1170 g/mol. The van der Waals surface area contributed by atoms with Crippen molar-refractivity contribution in [3.63, 3.8) is 0 Å². The average molecular weight is 1170 g/mol. The summed E-state index contributed by atoms with van der Waals surface area (Å²) in [5.74, 6) is 0.398. The number of carbonyl (C=O) groups excluding carboxylic acids is 6. The number of ketones is 3. The number of aliphatic hydroxyl groups excluding tert-OH is 1. The van der Waals surface area contributed by atoms with Crippen molar-refractivity contribution in [3.8, 4) is 11.5 Å². The summed E-state index contributed by atoms with van der Waals surface area (Å²) in [6, 6.07) is 5.70. The summed E-state index contributed by atoms with van der Waals surface area (Å²) >= 11 is 0. The van der Waals surface area contributed by atoms with Gasteiger partial charge >= 0.3 is 233 Å². The first-order valence-corrected chi connectivity index (χ1v) is 13.0. The molecule has 0 aromatic heterocycles. The number of ether oxygens (including phenoxy) is 2. The van der Waals surface area contributed by atoms with Gasteiger partial charge in [0.05, 0.1) is 6.10 Å². The molecule has 3 fully saturated rings. The zero-order valence-corrected chi connectivity index (χ0v) is 50.0. The van der Waals surface area contributed by atoms with Crippen molar-refractivity contribution in [3.05, 3.63) is 70.8 Å². The first kappa shape index (κ1) is 90.2. The minimum atomic E-state index is -3.67. The summed E-state index contributed by atoms with van der Waals surface area (Å²) in [5, 5.41) is 26.2. The Morgan fingerprint density at radius 3 is 1.02 bits per heavy atom. The molecule has 315 valence electrons. The van der Waals surface area contributed by atoms with Crippen LogP contribution in [-0.2, 0) is 96.7 Å². The largest absolute Gasteiger partial charge is 2.00 e. The Hall–Kier alpha value is 4.40. The van der Waals surface area contributed by atoms with Gasteiger partial charge in [0.15, 0.2) is 11.6 Å². The van der Waals surface area contributed by atoms with Gasteiger partial charge < -0.3 is 70.4 Å². The van der Waals surface area contributed by atoms with Crippen LogP contribution in [0.2, 0.25) is 0 Å². The van der Waals surface area contributed by atoms with Crippen LogP contribution in [0.4, 0.5) is 12.9 Å². The number of aromatic hydroxyl groups is 2. The Kier molecular flexibility index (Phi) is 140. The number of hydrogen-bond acceptors (Lipinski definition) is 11. The molecular weight excluding hydrogens is 1110 g/mol. The number of phenols is 2. The summed E-state index contributed by atoms with van der Waals surface area (Å²) in [7, 11) is -3.67.